The minimum atomic E-state index is -4.65. The van der Waals surface area contributed by atoms with Gasteiger partial charge in [-0.15, -0.1) is 0 Å². The Morgan fingerprint density at radius 3 is 2.34 bits per heavy atom. The number of ketones is 2. The summed E-state index contributed by atoms with van der Waals surface area (Å²) in [4.78, 5) is 27.6. The molecule has 4 N–H and O–H groups in total. The summed E-state index contributed by atoms with van der Waals surface area (Å²) in [6.45, 7) is 0. The van der Waals surface area contributed by atoms with Crippen LogP contribution in [0.5, 0.6) is 28.7 Å². The van der Waals surface area contributed by atoms with E-state index in [2.05, 4.69) is 4.79 Å². The van der Waals surface area contributed by atoms with E-state index in [0.29, 0.717) is 0 Å². The van der Waals surface area contributed by atoms with Gasteiger partial charge in [0.25, 0.3) is 5.78 Å². The molecule has 0 unspecified atom stereocenters. The maximum absolute atomic E-state index is 13.0. The number of phenolic OH excluding ortho intramolecular Hbond substituents is 4. The van der Waals surface area contributed by atoms with Crippen LogP contribution in [-0.2, 0) is 10.1 Å². The zero-order valence-corrected chi connectivity index (χ0v) is 18.2. The number of phenols is 4. The number of Topliss-reactive ketones (excluding diaryl/α,β-unsaturated/α-hetero) is 1. The Bertz CT molecular complexity index is 1620. The van der Waals surface area contributed by atoms with Crippen LogP contribution in [0.4, 0.5) is 0 Å². The first-order valence-electron chi connectivity index (χ1n) is 9.69. The summed E-state index contributed by atoms with van der Waals surface area (Å²) >= 11 is 0. The lowest BCUT2D eigenvalue weighted by molar-refractivity contribution is -0.00436. The third-order valence-electron chi connectivity index (χ3n) is 5.12. The van der Waals surface area contributed by atoms with E-state index in [1.54, 1.807) is 0 Å². The van der Waals surface area contributed by atoms with Crippen molar-refractivity contribution >= 4 is 33.5 Å². The van der Waals surface area contributed by atoms with Crippen molar-refractivity contribution in [1.82, 2.24) is 0 Å². The van der Waals surface area contributed by atoms with E-state index in [4.69, 9.17) is 9.71 Å². The summed E-state index contributed by atoms with van der Waals surface area (Å²) in [5, 5.41) is 39.2. The van der Waals surface area contributed by atoms with Gasteiger partial charge >= 0.3 is 15.8 Å². The molecular formula is C23H14N2O9S. The summed E-state index contributed by atoms with van der Waals surface area (Å²) in [5.41, 5.74) is 7.92. The Morgan fingerprint density at radius 2 is 1.63 bits per heavy atom. The van der Waals surface area contributed by atoms with Crippen LogP contribution in [0.3, 0.4) is 0 Å². The molecule has 1 aliphatic carbocycles. The number of nitrogens with zero attached hydrogens (tertiary/aromatic N) is 2. The third kappa shape index (κ3) is 3.99. The van der Waals surface area contributed by atoms with E-state index in [0.717, 1.165) is 42.5 Å². The van der Waals surface area contributed by atoms with Crippen molar-refractivity contribution in [2.45, 2.75) is 4.90 Å². The highest BCUT2D eigenvalue weighted by Crippen LogP contribution is 2.39. The van der Waals surface area contributed by atoms with Crippen molar-refractivity contribution in [3.8, 4) is 28.7 Å². The molecule has 3 aromatic rings. The van der Waals surface area contributed by atoms with E-state index >= 15 is 0 Å². The van der Waals surface area contributed by atoms with Crippen LogP contribution in [0, 0.1) is 0 Å². The number of carbonyl (C=O) groups is 2. The fourth-order valence-corrected chi connectivity index (χ4v) is 4.53. The third-order valence-corrected chi connectivity index (χ3v) is 6.42. The van der Waals surface area contributed by atoms with Gasteiger partial charge in [-0.2, -0.15) is 13.2 Å². The molecule has 0 fully saturated rings. The zero-order chi connectivity index (χ0) is 25.5. The van der Waals surface area contributed by atoms with Crippen molar-refractivity contribution in [1.29, 1.82) is 0 Å². The van der Waals surface area contributed by atoms with Crippen LogP contribution in [0.2, 0.25) is 0 Å². The second-order valence-electron chi connectivity index (χ2n) is 7.24. The minimum absolute atomic E-state index is 0.0267. The number of fused-ring (bicyclic) bond motifs is 1. The molecule has 0 saturated carbocycles. The topological polar surface area (TPSA) is 195 Å². The molecule has 3 aromatic carbocycles. The molecule has 0 saturated heterocycles. The summed E-state index contributed by atoms with van der Waals surface area (Å²) in [6, 6.07) is 8.82. The average Bonchev–Trinajstić information content (AvgIpc) is 2.83. The fourth-order valence-electron chi connectivity index (χ4n) is 3.38. The van der Waals surface area contributed by atoms with Gasteiger partial charge in [-0.05, 0) is 42.5 Å². The Kier molecular flexibility index (Phi) is 5.61. The lowest BCUT2D eigenvalue weighted by atomic mass is 9.95. The quantitative estimate of drug-likeness (QED) is 0.135. The van der Waals surface area contributed by atoms with Gasteiger partial charge in [-0.25, -0.2) is 0 Å². The molecule has 0 aromatic heterocycles. The van der Waals surface area contributed by atoms with Crippen LogP contribution in [0.1, 0.15) is 31.8 Å². The summed E-state index contributed by atoms with van der Waals surface area (Å²) in [7, 11) is -4.65. The van der Waals surface area contributed by atoms with Gasteiger partial charge in [0.2, 0.25) is 5.75 Å². The normalized spacial score (nSPS) is 12.7. The molecule has 35 heavy (non-hydrogen) atoms. The highest BCUT2D eigenvalue weighted by Gasteiger charge is 2.31. The van der Waals surface area contributed by atoms with E-state index in [1.165, 1.54) is 18.2 Å². The summed E-state index contributed by atoms with van der Waals surface area (Å²) in [5.74, 6) is -5.31. The Hall–Kier alpha value is -4.93. The second-order valence-corrected chi connectivity index (χ2v) is 8.76. The van der Waals surface area contributed by atoms with Crippen molar-refractivity contribution in [2.75, 3.05) is 0 Å². The molecule has 0 radical (unpaired) electrons. The van der Waals surface area contributed by atoms with Crippen molar-refractivity contribution in [2.24, 2.45) is 0 Å². The Labute approximate surface area is 197 Å². The number of benzene rings is 3. The molecule has 1 aliphatic rings. The lowest BCUT2D eigenvalue weighted by Gasteiger charge is -2.14. The number of allylic oxidation sites excluding steroid dienone is 1. The van der Waals surface area contributed by atoms with Gasteiger partial charge in [0.1, 0.15) is 4.90 Å². The van der Waals surface area contributed by atoms with Crippen molar-refractivity contribution < 1.29 is 47.4 Å². The molecule has 11 nitrogen and oxygen atoms in total. The van der Waals surface area contributed by atoms with Gasteiger partial charge < -0.3 is 30.1 Å². The van der Waals surface area contributed by atoms with Gasteiger partial charge in [0.15, 0.2) is 28.8 Å². The minimum Gasteiger partial charge on any atom is -0.504 e. The smallest absolute Gasteiger partial charge is 0.362 e. The molecular weight excluding hydrogens is 480 g/mol. The monoisotopic (exact) mass is 494 g/mol. The van der Waals surface area contributed by atoms with Crippen LogP contribution < -0.4 is 4.18 Å². The first-order chi connectivity index (χ1) is 16.5. The summed E-state index contributed by atoms with van der Waals surface area (Å²) in [6.07, 6.45) is 2.38. The standard InChI is InChI=1S/C23H14N2O9S/c24-25-15-7-5-12-13(21(15)29)2-1-3-19(12)35(32,33)34-18-10-11(4-8-16(18)26)20(28)14-6-9-17(27)23(31)22(14)30/h1-10,26-27,30-31H. The fraction of sp³-hybridized carbons (Fsp3) is 0. The van der Waals surface area contributed by atoms with E-state index in [9.17, 15) is 38.4 Å². The maximum atomic E-state index is 13.0. The number of hydrogen-bond donors (Lipinski definition) is 4. The van der Waals surface area contributed by atoms with Crippen LogP contribution in [0.15, 0.2) is 59.5 Å². The second kappa shape index (κ2) is 8.45. The Balaban J connectivity index is 1.73. The average molecular weight is 494 g/mol. The number of aromatic hydroxyl groups is 4. The maximum Gasteiger partial charge on any atom is 0.362 e. The molecule has 0 amide bonds. The SMILES string of the molecule is [N-]=[N+]=C1C=Cc2c(cccc2S(=O)(=O)Oc2cc(C(=O)c3ccc(O)c(O)c3O)ccc2O)C1=O. The molecule has 176 valence electrons. The molecule has 0 bridgehead atoms. The molecule has 0 atom stereocenters. The van der Waals surface area contributed by atoms with Crippen molar-refractivity contribution in [3.63, 3.8) is 0 Å². The molecule has 0 spiro atoms. The molecule has 0 aliphatic heterocycles. The lowest BCUT2D eigenvalue weighted by Crippen LogP contribution is -2.20. The predicted molar refractivity (Wildman–Crippen MR) is 119 cm³/mol. The summed E-state index contributed by atoms with van der Waals surface area (Å²) < 4.78 is 31.1. The van der Waals surface area contributed by atoms with Crippen molar-refractivity contribution in [3.05, 3.63) is 82.4 Å². The number of hydrogen-bond acceptors (Lipinski definition) is 9. The van der Waals surface area contributed by atoms with Crippen LogP contribution in [0.25, 0.3) is 11.6 Å². The van der Waals surface area contributed by atoms with Crippen LogP contribution in [-0.4, -0.2) is 50.9 Å². The highest BCUT2D eigenvalue weighted by molar-refractivity contribution is 7.87. The Morgan fingerprint density at radius 1 is 0.914 bits per heavy atom. The van der Waals surface area contributed by atoms with Gasteiger partial charge in [0.05, 0.1) is 5.56 Å². The van der Waals surface area contributed by atoms with E-state index in [-0.39, 0.29) is 22.4 Å². The predicted octanol–water partition coefficient (Wildman–Crippen LogP) is 2.39. The zero-order valence-electron chi connectivity index (χ0n) is 17.4. The largest absolute Gasteiger partial charge is 0.504 e. The first kappa shape index (κ1) is 23.2. The van der Waals surface area contributed by atoms with E-state index < -0.39 is 60.9 Å². The molecule has 0 heterocycles. The van der Waals surface area contributed by atoms with Crippen LogP contribution >= 0.6 is 0 Å². The molecule has 12 heteroatoms. The van der Waals surface area contributed by atoms with Gasteiger partial charge in [-0.3, -0.25) is 9.59 Å². The van der Waals surface area contributed by atoms with Gasteiger partial charge in [-0.1, -0.05) is 12.1 Å². The highest BCUT2D eigenvalue weighted by atomic mass is 32.2. The molecule has 4 rings (SSSR count). The van der Waals surface area contributed by atoms with E-state index in [1.807, 2.05) is 0 Å². The first-order valence-corrected chi connectivity index (χ1v) is 11.1. The number of rotatable bonds is 5. The number of carbonyl (C=O) groups excluding carboxylic acids is 2. The van der Waals surface area contributed by atoms with Gasteiger partial charge in [0, 0.05) is 22.8 Å².